The number of para-hydroxylation sites is 3. The van der Waals surface area contributed by atoms with E-state index in [9.17, 15) is 5.02 Å². The third-order valence-corrected chi connectivity index (χ3v) is 7.41. The SMILES string of the molecule is O[B]Oc1cc(-c2ccccc2)cc(N(c2ccccc2)c2ccc(-n3c4ccccc4c4ccccc43)cc2)c1. The van der Waals surface area contributed by atoms with Crippen LogP contribution in [0, 0.1) is 0 Å². The van der Waals surface area contributed by atoms with Crippen LogP contribution in [0.4, 0.5) is 17.1 Å². The molecule has 1 aromatic heterocycles. The van der Waals surface area contributed by atoms with Gasteiger partial charge in [-0.2, -0.15) is 0 Å². The van der Waals surface area contributed by atoms with Gasteiger partial charge in [-0.3, -0.25) is 0 Å². The Morgan fingerprint density at radius 1 is 0.512 bits per heavy atom. The van der Waals surface area contributed by atoms with Gasteiger partial charge in [0.15, 0.2) is 0 Å². The van der Waals surface area contributed by atoms with Gasteiger partial charge in [0.1, 0.15) is 5.75 Å². The molecule has 0 aliphatic heterocycles. The van der Waals surface area contributed by atoms with Crippen LogP contribution in [0.15, 0.2) is 152 Å². The number of fused-ring (bicyclic) bond motifs is 3. The highest BCUT2D eigenvalue weighted by atomic mass is 16.5. The first-order valence-electron chi connectivity index (χ1n) is 13.6. The average Bonchev–Trinajstić information content (AvgIpc) is 3.37. The minimum absolute atomic E-state index is 0.548. The molecule has 0 spiro atoms. The summed E-state index contributed by atoms with van der Waals surface area (Å²) in [5, 5.41) is 11.9. The van der Waals surface area contributed by atoms with Gasteiger partial charge in [0.2, 0.25) is 0 Å². The average molecular weight is 529 g/mol. The maximum Gasteiger partial charge on any atom is 0.569 e. The molecule has 6 aromatic carbocycles. The predicted molar refractivity (Wildman–Crippen MR) is 170 cm³/mol. The van der Waals surface area contributed by atoms with E-state index in [0.29, 0.717) is 5.75 Å². The Morgan fingerprint density at radius 2 is 1.07 bits per heavy atom. The molecule has 0 fully saturated rings. The summed E-state index contributed by atoms with van der Waals surface area (Å²) in [6.45, 7) is 0. The van der Waals surface area contributed by atoms with Crippen LogP contribution >= 0.6 is 0 Å². The molecule has 0 aliphatic rings. The van der Waals surface area contributed by atoms with Gasteiger partial charge in [-0.25, -0.2) is 0 Å². The highest BCUT2D eigenvalue weighted by Gasteiger charge is 2.17. The van der Waals surface area contributed by atoms with Gasteiger partial charge in [-0.15, -0.1) is 0 Å². The van der Waals surface area contributed by atoms with Crippen molar-refractivity contribution in [1.82, 2.24) is 4.57 Å². The van der Waals surface area contributed by atoms with Crippen molar-refractivity contribution in [2.45, 2.75) is 0 Å². The monoisotopic (exact) mass is 529 g/mol. The van der Waals surface area contributed by atoms with Crippen molar-refractivity contribution < 1.29 is 9.68 Å². The number of aromatic nitrogens is 1. The molecule has 0 unspecified atom stereocenters. The zero-order chi connectivity index (χ0) is 27.6. The van der Waals surface area contributed by atoms with E-state index in [-0.39, 0.29) is 0 Å². The predicted octanol–water partition coefficient (Wildman–Crippen LogP) is 8.83. The lowest BCUT2D eigenvalue weighted by Crippen LogP contribution is -2.11. The zero-order valence-electron chi connectivity index (χ0n) is 22.3. The standard InChI is InChI=1S/C36H26BN2O2/c40-37-41-32-24-27(26-11-3-1-4-12-26)23-31(25-32)38(28-13-5-2-6-14-28)29-19-21-30(22-20-29)39-35-17-9-7-15-33(35)34-16-8-10-18-36(34)39/h1-25,40H. The molecule has 4 nitrogen and oxygen atoms in total. The molecule has 195 valence electrons. The summed E-state index contributed by atoms with van der Waals surface area (Å²) in [6.07, 6.45) is 0. The minimum atomic E-state index is 0.548. The van der Waals surface area contributed by atoms with E-state index >= 15 is 0 Å². The summed E-state index contributed by atoms with van der Waals surface area (Å²) >= 11 is 0. The smallest absolute Gasteiger partial charge is 0.537 e. The highest BCUT2D eigenvalue weighted by molar-refractivity contribution is 6.17. The lowest BCUT2D eigenvalue weighted by molar-refractivity contribution is 0.454. The third kappa shape index (κ3) is 4.63. The maximum atomic E-state index is 9.45. The van der Waals surface area contributed by atoms with E-state index in [1.807, 2.05) is 48.5 Å². The molecule has 41 heavy (non-hydrogen) atoms. The van der Waals surface area contributed by atoms with Crippen molar-refractivity contribution in [3.05, 3.63) is 152 Å². The van der Waals surface area contributed by atoms with Crippen LogP contribution < -0.4 is 9.55 Å². The molecule has 0 saturated heterocycles. The minimum Gasteiger partial charge on any atom is -0.537 e. The van der Waals surface area contributed by atoms with Crippen LogP contribution in [0.3, 0.4) is 0 Å². The van der Waals surface area contributed by atoms with Crippen molar-refractivity contribution >= 4 is 46.6 Å². The fraction of sp³-hybridized carbons (Fsp3) is 0. The Balaban J connectivity index is 1.37. The van der Waals surface area contributed by atoms with E-state index in [0.717, 1.165) is 41.6 Å². The molecule has 1 radical (unpaired) electrons. The van der Waals surface area contributed by atoms with Gasteiger partial charge in [-0.1, -0.05) is 84.9 Å². The quantitative estimate of drug-likeness (QED) is 0.210. The molecule has 0 saturated carbocycles. The number of hydrogen-bond acceptors (Lipinski definition) is 3. The largest absolute Gasteiger partial charge is 0.569 e. The molecule has 0 atom stereocenters. The molecule has 5 heteroatoms. The molecule has 1 N–H and O–H groups in total. The Labute approximate surface area is 239 Å². The summed E-state index contributed by atoms with van der Waals surface area (Å²) in [4.78, 5) is 2.20. The summed E-state index contributed by atoms with van der Waals surface area (Å²) < 4.78 is 7.80. The number of rotatable bonds is 7. The second-order valence-electron chi connectivity index (χ2n) is 9.86. The number of benzene rings is 6. The molecule has 0 aliphatic carbocycles. The topological polar surface area (TPSA) is 37.6 Å². The van der Waals surface area contributed by atoms with Crippen LogP contribution in [0.1, 0.15) is 0 Å². The van der Waals surface area contributed by atoms with Crippen LogP contribution in [0.5, 0.6) is 5.75 Å². The number of nitrogens with zero attached hydrogens (tertiary/aromatic N) is 2. The molecular formula is C36H26BN2O2. The first-order chi connectivity index (χ1) is 20.3. The summed E-state index contributed by atoms with van der Waals surface area (Å²) in [5.74, 6) is 0.548. The van der Waals surface area contributed by atoms with Crippen LogP contribution in [0.25, 0.3) is 38.6 Å². The second kappa shape index (κ2) is 10.7. The van der Waals surface area contributed by atoms with Gasteiger partial charge in [0.25, 0.3) is 0 Å². The van der Waals surface area contributed by atoms with Gasteiger partial charge in [-0.05, 0) is 71.8 Å². The molecule has 7 rings (SSSR count). The van der Waals surface area contributed by atoms with E-state index in [1.54, 1.807) is 0 Å². The summed E-state index contributed by atoms with van der Waals surface area (Å²) in [5.41, 5.74) is 8.44. The molecule has 0 amide bonds. The van der Waals surface area contributed by atoms with Crippen molar-refractivity contribution in [2.24, 2.45) is 0 Å². The fourth-order valence-corrected chi connectivity index (χ4v) is 5.61. The zero-order valence-corrected chi connectivity index (χ0v) is 22.3. The summed E-state index contributed by atoms with van der Waals surface area (Å²) in [6, 6.07) is 52.2. The van der Waals surface area contributed by atoms with Gasteiger partial charge >= 0.3 is 7.69 Å². The van der Waals surface area contributed by atoms with E-state index in [1.165, 1.54) is 21.8 Å². The van der Waals surface area contributed by atoms with Crippen molar-refractivity contribution in [2.75, 3.05) is 4.90 Å². The number of anilines is 3. The first-order valence-corrected chi connectivity index (χ1v) is 13.6. The van der Waals surface area contributed by atoms with Crippen LogP contribution in [-0.4, -0.2) is 17.3 Å². The van der Waals surface area contributed by atoms with E-state index in [2.05, 4.69) is 113 Å². The maximum absolute atomic E-state index is 9.45. The number of hydrogen-bond donors (Lipinski definition) is 1. The third-order valence-electron chi connectivity index (χ3n) is 7.41. The summed E-state index contributed by atoms with van der Waals surface area (Å²) in [7, 11) is 0.723. The molecule has 1 heterocycles. The van der Waals surface area contributed by atoms with E-state index < -0.39 is 0 Å². The fourth-order valence-electron chi connectivity index (χ4n) is 5.61. The van der Waals surface area contributed by atoms with Gasteiger partial charge in [0.05, 0.1) is 16.7 Å². The Kier molecular flexibility index (Phi) is 6.48. The van der Waals surface area contributed by atoms with Gasteiger partial charge < -0.3 is 19.1 Å². The Morgan fingerprint density at radius 3 is 1.71 bits per heavy atom. The Hall–Kier alpha value is -5.26. The molecular weight excluding hydrogens is 503 g/mol. The van der Waals surface area contributed by atoms with Crippen molar-refractivity contribution in [3.63, 3.8) is 0 Å². The lowest BCUT2D eigenvalue weighted by Gasteiger charge is -2.27. The molecule has 7 aromatic rings. The van der Waals surface area contributed by atoms with Gasteiger partial charge in [0, 0.05) is 33.9 Å². The first kappa shape index (κ1) is 24.8. The van der Waals surface area contributed by atoms with Crippen LogP contribution in [0.2, 0.25) is 0 Å². The Bertz CT molecular complexity index is 1900. The normalized spacial score (nSPS) is 11.0. The van der Waals surface area contributed by atoms with Crippen molar-refractivity contribution in [1.29, 1.82) is 0 Å². The second-order valence-corrected chi connectivity index (χ2v) is 9.86. The molecule has 0 bridgehead atoms. The lowest BCUT2D eigenvalue weighted by atomic mass is 10.0. The van der Waals surface area contributed by atoms with Crippen LogP contribution in [-0.2, 0) is 0 Å². The van der Waals surface area contributed by atoms with Crippen molar-refractivity contribution in [3.8, 4) is 22.6 Å². The highest BCUT2D eigenvalue weighted by Crippen LogP contribution is 2.40. The van der Waals surface area contributed by atoms with E-state index in [4.69, 9.17) is 4.65 Å².